The number of aliphatic carboxylic acids is 1. The summed E-state index contributed by atoms with van der Waals surface area (Å²) in [4.78, 5) is 45.8. The summed E-state index contributed by atoms with van der Waals surface area (Å²) in [7, 11) is 0. The second-order valence-corrected chi connectivity index (χ2v) is 5.44. The number of halogens is 1. The van der Waals surface area contributed by atoms with Gasteiger partial charge in [0.1, 0.15) is 0 Å². The van der Waals surface area contributed by atoms with Gasteiger partial charge >= 0.3 is 23.9 Å². The van der Waals surface area contributed by atoms with Gasteiger partial charge in [-0.15, -0.1) is 0 Å². The van der Waals surface area contributed by atoms with Crippen molar-refractivity contribution < 1.29 is 52.5 Å². The molecule has 0 spiro atoms. The van der Waals surface area contributed by atoms with E-state index in [1.165, 1.54) is 0 Å². The Morgan fingerprint density at radius 3 is 2.00 bits per heavy atom. The highest BCUT2D eigenvalue weighted by molar-refractivity contribution is 9.10. The Kier molecular flexibility index (Phi) is 4.67. The molecule has 0 saturated carbocycles. The molecule has 0 aromatic heterocycles. The highest BCUT2D eigenvalue weighted by Crippen LogP contribution is 2.37. The number of carboxylic acids is 1. The van der Waals surface area contributed by atoms with Crippen molar-refractivity contribution in [1.29, 1.82) is 0 Å². The van der Waals surface area contributed by atoms with Crippen molar-refractivity contribution in [3.63, 3.8) is 0 Å². The van der Waals surface area contributed by atoms with Gasteiger partial charge < -0.3 is 29.2 Å². The first-order valence-corrected chi connectivity index (χ1v) is 6.64. The molecule has 1 fully saturated rings. The summed E-state index contributed by atoms with van der Waals surface area (Å²) in [6, 6.07) is 0. The van der Waals surface area contributed by atoms with Crippen molar-refractivity contribution in [3.8, 4) is 0 Å². The first-order chi connectivity index (χ1) is 12.1. The summed E-state index contributed by atoms with van der Waals surface area (Å²) in [6.07, 6.45) is -7.79. The maximum atomic E-state index is 11.5. The lowest BCUT2D eigenvalue weighted by molar-refractivity contribution is -0.301. The average molecular weight is 402 g/mol. The molecule has 130 valence electrons. The van der Waals surface area contributed by atoms with Gasteiger partial charge in [-0.25, -0.2) is 4.79 Å². The fraction of sp³-hybridized carbons (Fsp3) is 0.667. The summed E-state index contributed by atoms with van der Waals surface area (Å²) >= 11 is 2.60. The molecule has 0 radical (unpaired) electrons. The number of hydrogen-bond acceptors (Lipinski definition) is 9. The van der Waals surface area contributed by atoms with Gasteiger partial charge in [0.25, 0.3) is 4.70 Å². The minimum Gasteiger partial charge on any atom is -0.479 e. The summed E-state index contributed by atoms with van der Waals surface area (Å²) < 4.78 is 37.4. The van der Waals surface area contributed by atoms with Crippen molar-refractivity contribution in [2.45, 2.75) is 49.8 Å². The third-order valence-corrected chi connectivity index (χ3v) is 3.24. The third-order valence-electron chi connectivity index (χ3n) is 2.60. The monoisotopic (exact) mass is 401 g/mol. The van der Waals surface area contributed by atoms with Gasteiger partial charge in [0.2, 0.25) is 6.10 Å². The number of carbonyl (C=O) groups is 4. The lowest BCUT2D eigenvalue weighted by atomic mass is 9.98. The highest BCUT2D eigenvalue weighted by atomic mass is 79.9. The van der Waals surface area contributed by atoms with Crippen molar-refractivity contribution in [1.82, 2.24) is 0 Å². The first-order valence-electron chi connectivity index (χ1n) is 7.97. The summed E-state index contributed by atoms with van der Waals surface area (Å²) in [5.41, 5.74) is 0. The molecule has 1 aliphatic heterocycles. The zero-order chi connectivity index (χ0) is 20.1. The minimum atomic E-state index is -2.67. The Labute approximate surface area is 143 Å². The van der Waals surface area contributed by atoms with E-state index in [4.69, 9.17) is 23.1 Å². The predicted molar refractivity (Wildman–Crippen MR) is 73.0 cm³/mol. The molecule has 2 N–H and O–H groups in total. The number of rotatable bonds is 4. The maximum Gasteiger partial charge on any atom is 0.337 e. The molecule has 0 amide bonds. The van der Waals surface area contributed by atoms with Crippen molar-refractivity contribution >= 4 is 39.8 Å². The first kappa shape index (κ1) is 14.8. The largest absolute Gasteiger partial charge is 0.479 e. The van der Waals surface area contributed by atoms with Crippen LogP contribution in [0.25, 0.3) is 0 Å². The van der Waals surface area contributed by atoms with E-state index in [2.05, 4.69) is 15.9 Å². The van der Waals surface area contributed by atoms with Gasteiger partial charge in [0.15, 0.2) is 18.3 Å². The Morgan fingerprint density at radius 2 is 1.52 bits per heavy atom. The Balaban J connectivity index is 3.35. The predicted octanol–water partition coefficient (Wildman–Crippen LogP) is -0.694. The fourth-order valence-electron chi connectivity index (χ4n) is 1.89. The second-order valence-electron chi connectivity index (χ2n) is 4.31. The second kappa shape index (κ2) is 7.23. The van der Waals surface area contributed by atoms with E-state index in [0.29, 0.717) is 0 Å². The van der Waals surface area contributed by atoms with Gasteiger partial charge in [-0.1, -0.05) is 0 Å². The lowest BCUT2D eigenvalue weighted by Crippen LogP contribution is -2.66. The number of ether oxygens (including phenoxy) is 4. The topological polar surface area (TPSA) is 146 Å². The summed E-state index contributed by atoms with van der Waals surface area (Å²) in [5, 5.41) is 19.5. The van der Waals surface area contributed by atoms with Gasteiger partial charge in [-0.3, -0.25) is 14.4 Å². The Bertz CT molecular complexity index is 571. The SMILES string of the molecule is [2H]CC(=O)O[C@H]1[C@H](OC(=O)C[2H])[C@@H](OC(=O)C[2H])C(O)(Br)O[C@@H]1C(=O)O. The highest BCUT2D eigenvalue weighted by Gasteiger charge is 2.60. The third kappa shape index (κ3) is 4.88. The molecular formula is C12H15BrO10. The van der Waals surface area contributed by atoms with Crippen LogP contribution in [0.15, 0.2) is 0 Å². The molecule has 1 saturated heterocycles. The molecule has 1 heterocycles. The molecule has 0 bridgehead atoms. The number of alkyl halides is 1. The fourth-order valence-corrected chi connectivity index (χ4v) is 2.45. The van der Waals surface area contributed by atoms with Gasteiger partial charge in [0, 0.05) is 24.8 Å². The maximum absolute atomic E-state index is 11.5. The average Bonchev–Trinajstić information content (AvgIpc) is 2.58. The number of aliphatic hydroxyl groups is 1. The quantitative estimate of drug-likeness (QED) is 0.352. The molecule has 10 nitrogen and oxygen atoms in total. The lowest BCUT2D eigenvalue weighted by Gasteiger charge is -2.44. The van der Waals surface area contributed by atoms with Crippen molar-refractivity contribution in [2.24, 2.45) is 0 Å². The smallest absolute Gasteiger partial charge is 0.337 e. The van der Waals surface area contributed by atoms with Crippen LogP contribution in [0.2, 0.25) is 0 Å². The number of esters is 3. The zero-order valence-electron chi connectivity index (χ0n) is 14.5. The number of carboxylic acid groups (broad SMARTS) is 1. The number of hydrogen-bond donors (Lipinski definition) is 2. The van der Waals surface area contributed by atoms with E-state index in [1.807, 2.05) is 0 Å². The van der Waals surface area contributed by atoms with Crippen LogP contribution in [0, 0.1) is 0 Å². The molecule has 11 heteroatoms. The van der Waals surface area contributed by atoms with E-state index < -0.39 is 73.7 Å². The van der Waals surface area contributed by atoms with Crippen LogP contribution in [-0.4, -0.2) is 63.2 Å². The Hall–Kier alpha value is -1.72. The van der Waals surface area contributed by atoms with Crippen LogP contribution in [0.3, 0.4) is 0 Å². The van der Waals surface area contributed by atoms with Crippen molar-refractivity contribution in [3.05, 3.63) is 0 Å². The van der Waals surface area contributed by atoms with Crippen LogP contribution < -0.4 is 0 Å². The van der Waals surface area contributed by atoms with E-state index in [0.717, 1.165) is 0 Å². The van der Waals surface area contributed by atoms with E-state index in [1.54, 1.807) is 0 Å². The van der Waals surface area contributed by atoms with Gasteiger partial charge in [0.05, 0.1) is 0 Å². The van der Waals surface area contributed by atoms with Crippen LogP contribution in [-0.2, 0) is 38.1 Å². The molecule has 23 heavy (non-hydrogen) atoms. The number of carbonyl (C=O) groups excluding carboxylic acids is 3. The molecule has 1 aliphatic rings. The van der Waals surface area contributed by atoms with Crippen LogP contribution in [0.4, 0.5) is 0 Å². The van der Waals surface area contributed by atoms with Gasteiger partial charge in [-0.2, -0.15) is 0 Å². The minimum absolute atomic E-state index is 0.891. The van der Waals surface area contributed by atoms with Crippen molar-refractivity contribution in [2.75, 3.05) is 0 Å². The molecule has 1 unspecified atom stereocenters. The van der Waals surface area contributed by atoms with Gasteiger partial charge in [-0.05, 0) is 15.9 Å². The molecule has 0 aliphatic carbocycles. The molecule has 0 aromatic rings. The van der Waals surface area contributed by atoms with Crippen LogP contribution >= 0.6 is 15.9 Å². The summed E-state index contributed by atoms with van der Waals surface area (Å²) in [6.45, 7) is -2.70. The zero-order valence-corrected chi connectivity index (χ0v) is 13.1. The molecule has 5 atom stereocenters. The van der Waals surface area contributed by atoms with E-state index in [-0.39, 0.29) is 0 Å². The standard InChI is InChI=1S/C12H15BrO10/c1-4(14)20-7-8(21-5(2)15)10(22-6(3)16)12(13,19)23-9(7)11(17)18/h7-10,19H,1-3H3,(H,17,18)/t7-,8-,9-,10+,12?/m0/s1/i1D,2D,3D. The van der Waals surface area contributed by atoms with E-state index in [9.17, 15) is 29.4 Å². The molecular weight excluding hydrogens is 384 g/mol. The summed E-state index contributed by atoms with van der Waals surface area (Å²) in [5.74, 6) is -5.32. The van der Waals surface area contributed by atoms with Crippen LogP contribution in [0.5, 0.6) is 0 Å². The molecule has 0 aromatic carbocycles. The van der Waals surface area contributed by atoms with Crippen LogP contribution in [0.1, 0.15) is 24.8 Å². The van der Waals surface area contributed by atoms with E-state index >= 15 is 0 Å². The normalized spacial score (nSPS) is 35.1. The Morgan fingerprint density at radius 1 is 1.04 bits per heavy atom. The molecule has 1 rings (SSSR count).